The molecule has 3 rings (SSSR count). The zero-order chi connectivity index (χ0) is 21.1. The number of amides is 2. The number of piperidine rings is 1. The molecule has 1 aliphatic heterocycles. The fourth-order valence-corrected chi connectivity index (χ4v) is 3.71. The van der Waals surface area contributed by atoms with Gasteiger partial charge in [-0.3, -0.25) is 9.59 Å². The summed E-state index contributed by atoms with van der Waals surface area (Å²) in [6, 6.07) is 7.26. The van der Waals surface area contributed by atoms with Gasteiger partial charge in [-0.1, -0.05) is 26.0 Å². The summed E-state index contributed by atoms with van der Waals surface area (Å²) in [6.07, 6.45) is 3.53. The van der Waals surface area contributed by atoms with Crippen molar-refractivity contribution in [3.63, 3.8) is 0 Å². The number of anilines is 1. The lowest BCUT2D eigenvalue weighted by atomic mass is 9.88. The molecule has 0 spiro atoms. The Morgan fingerprint density at radius 2 is 1.90 bits per heavy atom. The Kier molecular flexibility index (Phi) is 6.15. The van der Waals surface area contributed by atoms with Gasteiger partial charge in [-0.2, -0.15) is 0 Å². The van der Waals surface area contributed by atoms with Crippen LogP contribution >= 0.6 is 0 Å². The lowest BCUT2D eigenvalue weighted by molar-refractivity contribution is -0.135. The zero-order valence-corrected chi connectivity index (χ0v) is 17.6. The van der Waals surface area contributed by atoms with Gasteiger partial charge in [-0.25, -0.2) is 9.97 Å². The Balaban J connectivity index is 1.95. The summed E-state index contributed by atoms with van der Waals surface area (Å²) in [6.45, 7) is 5.32. The molecule has 2 amide bonds. The minimum absolute atomic E-state index is 0.0121. The van der Waals surface area contributed by atoms with Crippen LogP contribution in [0.15, 0.2) is 30.5 Å². The van der Waals surface area contributed by atoms with E-state index in [9.17, 15) is 9.59 Å². The summed E-state index contributed by atoms with van der Waals surface area (Å²) in [5.41, 5.74) is 8.67. The quantitative estimate of drug-likeness (QED) is 0.840. The molecule has 2 heterocycles. The molecule has 7 heteroatoms. The van der Waals surface area contributed by atoms with E-state index in [1.165, 1.54) is 0 Å². The predicted octanol–water partition coefficient (Wildman–Crippen LogP) is 2.67. The van der Waals surface area contributed by atoms with Crippen molar-refractivity contribution in [3.8, 4) is 11.1 Å². The number of nitrogens with two attached hydrogens (primary N) is 1. The van der Waals surface area contributed by atoms with E-state index in [2.05, 4.69) is 4.98 Å². The van der Waals surface area contributed by atoms with Crippen molar-refractivity contribution in [2.75, 3.05) is 32.1 Å². The summed E-state index contributed by atoms with van der Waals surface area (Å²) in [5, 5.41) is 0. The molecule has 1 aromatic carbocycles. The van der Waals surface area contributed by atoms with E-state index in [0.29, 0.717) is 11.5 Å². The van der Waals surface area contributed by atoms with Gasteiger partial charge in [0.1, 0.15) is 0 Å². The van der Waals surface area contributed by atoms with Gasteiger partial charge in [-0.05, 0) is 30.5 Å². The smallest absolute Gasteiger partial charge is 0.248 e. The number of primary amides is 1. The summed E-state index contributed by atoms with van der Waals surface area (Å²) < 4.78 is 0. The number of rotatable bonds is 5. The zero-order valence-electron chi connectivity index (χ0n) is 17.6. The van der Waals surface area contributed by atoms with Crippen LogP contribution in [0.1, 0.15) is 48.7 Å². The van der Waals surface area contributed by atoms with E-state index >= 15 is 0 Å². The van der Waals surface area contributed by atoms with Crippen LogP contribution in [-0.4, -0.2) is 53.9 Å². The average molecular weight is 396 g/mol. The van der Waals surface area contributed by atoms with Gasteiger partial charge in [0.25, 0.3) is 0 Å². The highest BCUT2D eigenvalue weighted by Crippen LogP contribution is 2.35. The van der Waals surface area contributed by atoms with Gasteiger partial charge in [0.15, 0.2) is 0 Å². The molecule has 1 fully saturated rings. The maximum absolute atomic E-state index is 12.3. The summed E-state index contributed by atoms with van der Waals surface area (Å²) in [4.78, 5) is 37.1. The molecule has 0 atom stereocenters. The number of hydrogen-bond donors (Lipinski definition) is 1. The Morgan fingerprint density at radius 1 is 1.21 bits per heavy atom. The third kappa shape index (κ3) is 4.55. The summed E-state index contributed by atoms with van der Waals surface area (Å²) in [5.74, 6) is 0.628. The average Bonchev–Trinajstić information content (AvgIpc) is 2.72. The Bertz CT molecular complexity index is 902. The summed E-state index contributed by atoms with van der Waals surface area (Å²) in [7, 11) is 3.83. The second-order valence-corrected chi connectivity index (χ2v) is 8.06. The lowest BCUT2D eigenvalue weighted by Gasteiger charge is -2.33. The highest BCUT2D eigenvalue weighted by Gasteiger charge is 2.28. The van der Waals surface area contributed by atoms with Crippen LogP contribution in [-0.2, 0) is 4.79 Å². The van der Waals surface area contributed by atoms with Crippen LogP contribution in [0.3, 0.4) is 0 Å². The van der Waals surface area contributed by atoms with Crippen molar-refractivity contribution in [1.29, 1.82) is 0 Å². The Labute approximate surface area is 171 Å². The van der Waals surface area contributed by atoms with E-state index in [1.807, 2.05) is 56.1 Å². The maximum Gasteiger partial charge on any atom is 0.248 e. The molecule has 1 saturated heterocycles. The Hall–Kier alpha value is -2.96. The standard InChI is InChI=1S/C22H29N5O2/c1-14(2)21(29)27-10-8-15(9-11-27)19-18(13-24-22(25-19)26(3)4)16-6-5-7-17(12-16)20(23)28/h5-7,12-15H,8-11H2,1-4H3,(H2,23,28). The normalized spacial score (nSPS) is 14.9. The fourth-order valence-electron chi connectivity index (χ4n) is 3.71. The molecule has 1 aromatic heterocycles. The molecule has 0 saturated carbocycles. The molecular formula is C22H29N5O2. The lowest BCUT2D eigenvalue weighted by Crippen LogP contribution is -2.40. The second kappa shape index (κ2) is 8.59. The first kappa shape index (κ1) is 20.8. The summed E-state index contributed by atoms with van der Waals surface area (Å²) >= 11 is 0. The van der Waals surface area contributed by atoms with Crippen LogP contribution in [0.2, 0.25) is 0 Å². The molecule has 0 bridgehead atoms. The second-order valence-electron chi connectivity index (χ2n) is 8.06. The van der Waals surface area contributed by atoms with Crippen molar-refractivity contribution in [3.05, 3.63) is 41.7 Å². The minimum Gasteiger partial charge on any atom is -0.366 e. The Morgan fingerprint density at radius 3 is 2.48 bits per heavy atom. The van der Waals surface area contributed by atoms with Crippen molar-refractivity contribution >= 4 is 17.8 Å². The monoisotopic (exact) mass is 395 g/mol. The van der Waals surface area contributed by atoms with Crippen molar-refractivity contribution < 1.29 is 9.59 Å². The number of hydrogen-bond acceptors (Lipinski definition) is 5. The van der Waals surface area contributed by atoms with E-state index in [-0.39, 0.29) is 17.7 Å². The van der Waals surface area contributed by atoms with E-state index in [1.54, 1.807) is 12.1 Å². The number of aromatic nitrogens is 2. The first-order chi connectivity index (χ1) is 13.8. The highest BCUT2D eigenvalue weighted by atomic mass is 16.2. The third-order valence-corrected chi connectivity index (χ3v) is 5.35. The largest absolute Gasteiger partial charge is 0.366 e. The van der Waals surface area contributed by atoms with Gasteiger partial charge in [0.05, 0.1) is 5.69 Å². The molecule has 0 radical (unpaired) electrons. The van der Waals surface area contributed by atoms with Gasteiger partial charge in [0, 0.05) is 56.3 Å². The minimum atomic E-state index is -0.459. The molecule has 2 aromatic rings. The van der Waals surface area contributed by atoms with Gasteiger partial charge < -0.3 is 15.5 Å². The van der Waals surface area contributed by atoms with Gasteiger partial charge in [-0.15, -0.1) is 0 Å². The van der Waals surface area contributed by atoms with E-state index < -0.39 is 5.91 Å². The first-order valence-electron chi connectivity index (χ1n) is 10.0. The predicted molar refractivity (Wildman–Crippen MR) is 114 cm³/mol. The molecular weight excluding hydrogens is 366 g/mol. The van der Waals surface area contributed by atoms with E-state index in [0.717, 1.165) is 42.8 Å². The number of carbonyl (C=O) groups excluding carboxylic acids is 2. The molecule has 0 aliphatic carbocycles. The fraction of sp³-hybridized carbons (Fsp3) is 0.455. The van der Waals surface area contributed by atoms with Crippen LogP contribution in [0.4, 0.5) is 5.95 Å². The molecule has 0 unspecified atom stereocenters. The first-order valence-corrected chi connectivity index (χ1v) is 10.0. The van der Waals surface area contributed by atoms with Crippen LogP contribution in [0.5, 0.6) is 0 Å². The molecule has 2 N–H and O–H groups in total. The maximum atomic E-state index is 12.3. The van der Waals surface area contributed by atoms with Crippen molar-refractivity contribution in [1.82, 2.24) is 14.9 Å². The van der Waals surface area contributed by atoms with Crippen LogP contribution in [0, 0.1) is 5.92 Å². The SMILES string of the molecule is CC(C)C(=O)N1CCC(c2nc(N(C)C)ncc2-c2cccc(C(N)=O)c2)CC1. The third-order valence-electron chi connectivity index (χ3n) is 5.35. The highest BCUT2D eigenvalue weighted by molar-refractivity contribution is 5.94. The number of carbonyl (C=O) groups is 2. The number of likely N-dealkylation sites (tertiary alicyclic amines) is 1. The van der Waals surface area contributed by atoms with E-state index in [4.69, 9.17) is 10.7 Å². The van der Waals surface area contributed by atoms with Crippen molar-refractivity contribution in [2.45, 2.75) is 32.6 Å². The number of benzene rings is 1. The number of nitrogens with zero attached hydrogens (tertiary/aromatic N) is 4. The van der Waals surface area contributed by atoms with Crippen LogP contribution in [0.25, 0.3) is 11.1 Å². The van der Waals surface area contributed by atoms with Crippen molar-refractivity contribution in [2.24, 2.45) is 11.7 Å². The molecule has 29 heavy (non-hydrogen) atoms. The van der Waals surface area contributed by atoms with Crippen LogP contribution < -0.4 is 10.6 Å². The topological polar surface area (TPSA) is 92.4 Å². The van der Waals surface area contributed by atoms with Gasteiger partial charge >= 0.3 is 0 Å². The van der Waals surface area contributed by atoms with Gasteiger partial charge in [0.2, 0.25) is 17.8 Å². The molecule has 154 valence electrons. The molecule has 1 aliphatic rings. The molecule has 7 nitrogen and oxygen atoms in total.